The molecule has 3 aromatic rings. The van der Waals surface area contributed by atoms with E-state index in [1.807, 2.05) is 18.0 Å². The Morgan fingerprint density at radius 3 is 2.86 bits per heavy atom. The van der Waals surface area contributed by atoms with Crippen molar-refractivity contribution in [3.8, 4) is 11.6 Å². The van der Waals surface area contributed by atoms with E-state index < -0.39 is 0 Å². The Kier molecular flexibility index (Phi) is 3.98. The minimum Gasteiger partial charge on any atom is -0.461 e. The number of furan rings is 1. The van der Waals surface area contributed by atoms with Gasteiger partial charge in [-0.25, -0.2) is 4.98 Å². The quantitative estimate of drug-likeness (QED) is 0.675. The second kappa shape index (κ2) is 6.07. The fourth-order valence-corrected chi connectivity index (χ4v) is 2.04. The van der Waals surface area contributed by atoms with Crippen LogP contribution in [-0.2, 0) is 13.1 Å². The SMILES string of the molecule is CN(Cc1ccc(Cl)nc1)Cc1nc(-c2ccco2)no1. The van der Waals surface area contributed by atoms with Crippen molar-refractivity contribution in [1.82, 2.24) is 20.0 Å². The Morgan fingerprint density at radius 1 is 1.24 bits per heavy atom. The van der Waals surface area contributed by atoms with Gasteiger partial charge in [0.25, 0.3) is 0 Å². The molecule has 6 nitrogen and oxygen atoms in total. The molecule has 0 saturated heterocycles. The van der Waals surface area contributed by atoms with Crippen LogP contribution in [0.15, 0.2) is 45.7 Å². The molecule has 0 fully saturated rings. The first-order valence-corrected chi connectivity index (χ1v) is 6.74. The minimum absolute atomic E-state index is 0.455. The minimum atomic E-state index is 0.455. The molecule has 3 aromatic heterocycles. The van der Waals surface area contributed by atoms with Crippen LogP contribution in [0.5, 0.6) is 0 Å². The second-order valence-corrected chi connectivity index (χ2v) is 5.04. The molecule has 0 atom stereocenters. The van der Waals surface area contributed by atoms with Crippen molar-refractivity contribution in [3.05, 3.63) is 53.3 Å². The highest BCUT2D eigenvalue weighted by molar-refractivity contribution is 6.29. The molecule has 0 spiro atoms. The van der Waals surface area contributed by atoms with Gasteiger partial charge in [-0.2, -0.15) is 4.98 Å². The topological polar surface area (TPSA) is 68.2 Å². The van der Waals surface area contributed by atoms with E-state index in [9.17, 15) is 0 Å². The fraction of sp³-hybridized carbons (Fsp3) is 0.214. The summed E-state index contributed by atoms with van der Waals surface area (Å²) in [7, 11) is 1.96. The summed E-state index contributed by atoms with van der Waals surface area (Å²) < 4.78 is 10.4. The first-order chi connectivity index (χ1) is 10.2. The Hall–Kier alpha value is -2.18. The summed E-state index contributed by atoms with van der Waals surface area (Å²) in [5.41, 5.74) is 1.06. The van der Waals surface area contributed by atoms with Crippen LogP contribution in [0.4, 0.5) is 0 Å². The number of halogens is 1. The zero-order chi connectivity index (χ0) is 14.7. The molecular weight excluding hydrogens is 292 g/mol. The van der Waals surface area contributed by atoms with Crippen molar-refractivity contribution in [2.75, 3.05) is 7.05 Å². The van der Waals surface area contributed by atoms with Crippen LogP contribution in [-0.4, -0.2) is 27.1 Å². The number of rotatable bonds is 5. The molecule has 0 saturated carbocycles. The molecule has 7 heteroatoms. The maximum absolute atomic E-state index is 5.76. The second-order valence-electron chi connectivity index (χ2n) is 4.65. The van der Waals surface area contributed by atoms with Gasteiger partial charge in [0.1, 0.15) is 5.15 Å². The van der Waals surface area contributed by atoms with E-state index in [0.29, 0.717) is 35.7 Å². The van der Waals surface area contributed by atoms with Crippen LogP contribution >= 0.6 is 11.6 Å². The van der Waals surface area contributed by atoms with Gasteiger partial charge in [0, 0.05) is 12.7 Å². The zero-order valence-corrected chi connectivity index (χ0v) is 12.1. The number of pyridine rings is 1. The summed E-state index contributed by atoms with van der Waals surface area (Å²) in [5, 5.41) is 4.38. The van der Waals surface area contributed by atoms with E-state index in [4.69, 9.17) is 20.5 Å². The Bertz CT molecular complexity index is 694. The highest BCUT2D eigenvalue weighted by Crippen LogP contribution is 2.16. The molecule has 0 aliphatic heterocycles. The molecule has 0 bridgehead atoms. The number of hydrogen-bond donors (Lipinski definition) is 0. The van der Waals surface area contributed by atoms with E-state index in [2.05, 4.69) is 15.1 Å². The van der Waals surface area contributed by atoms with Crippen LogP contribution in [0.2, 0.25) is 5.15 Å². The summed E-state index contributed by atoms with van der Waals surface area (Å²) in [6.07, 6.45) is 3.33. The molecule has 21 heavy (non-hydrogen) atoms. The summed E-state index contributed by atoms with van der Waals surface area (Å²) in [4.78, 5) is 10.4. The first kappa shape index (κ1) is 13.8. The summed E-state index contributed by atoms with van der Waals surface area (Å²) in [5.74, 6) is 1.58. The van der Waals surface area contributed by atoms with E-state index >= 15 is 0 Å². The molecule has 0 aliphatic rings. The third kappa shape index (κ3) is 3.48. The third-order valence-electron chi connectivity index (χ3n) is 2.86. The van der Waals surface area contributed by atoms with E-state index in [1.54, 1.807) is 30.7 Å². The lowest BCUT2D eigenvalue weighted by atomic mass is 10.3. The lowest BCUT2D eigenvalue weighted by molar-refractivity contribution is 0.260. The lowest BCUT2D eigenvalue weighted by Gasteiger charge is -2.13. The smallest absolute Gasteiger partial charge is 0.241 e. The van der Waals surface area contributed by atoms with Crippen molar-refractivity contribution < 1.29 is 8.94 Å². The van der Waals surface area contributed by atoms with Crippen molar-refractivity contribution in [2.45, 2.75) is 13.1 Å². The predicted octanol–water partition coefficient (Wildman–Crippen LogP) is 3.01. The van der Waals surface area contributed by atoms with Crippen LogP contribution in [0.1, 0.15) is 11.5 Å². The van der Waals surface area contributed by atoms with Gasteiger partial charge in [-0.05, 0) is 30.8 Å². The zero-order valence-electron chi connectivity index (χ0n) is 11.4. The van der Waals surface area contributed by atoms with Crippen LogP contribution in [0.25, 0.3) is 11.6 Å². The molecule has 0 radical (unpaired) electrons. The Balaban J connectivity index is 1.62. The predicted molar refractivity (Wildman–Crippen MR) is 76.4 cm³/mol. The van der Waals surface area contributed by atoms with E-state index in [1.165, 1.54) is 0 Å². The molecule has 0 aromatic carbocycles. The fourth-order valence-electron chi connectivity index (χ4n) is 1.92. The van der Waals surface area contributed by atoms with Gasteiger partial charge in [0.05, 0.1) is 12.8 Å². The number of aromatic nitrogens is 3. The highest BCUT2D eigenvalue weighted by atomic mass is 35.5. The van der Waals surface area contributed by atoms with Crippen molar-refractivity contribution in [3.63, 3.8) is 0 Å². The van der Waals surface area contributed by atoms with Crippen molar-refractivity contribution in [2.24, 2.45) is 0 Å². The van der Waals surface area contributed by atoms with Crippen molar-refractivity contribution >= 4 is 11.6 Å². The summed E-state index contributed by atoms with van der Waals surface area (Å²) >= 11 is 5.76. The molecule has 0 N–H and O–H groups in total. The molecular formula is C14H13ClN4O2. The number of hydrogen-bond acceptors (Lipinski definition) is 6. The first-order valence-electron chi connectivity index (χ1n) is 6.36. The summed E-state index contributed by atoms with van der Waals surface area (Å²) in [6.45, 7) is 1.25. The van der Waals surface area contributed by atoms with Crippen LogP contribution < -0.4 is 0 Å². The Labute approximate surface area is 126 Å². The van der Waals surface area contributed by atoms with Gasteiger partial charge in [-0.3, -0.25) is 4.90 Å². The van der Waals surface area contributed by atoms with Crippen molar-refractivity contribution in [1.29, 1.82) is 0 Å². The van der Waals surface area contributed by atoms with Gasteiger partial charge >= 0.3 is 0 Å². The maximum atomic E-state index is 5.76. The van der Waals surface area contributed by atoms with E-state index in [0.717, 1.165) is 5.56 Å². The lowest BCUT2D eigenvalue weighted by Crippen LogP contribution is -2.17. The third-order valence-corrected chi connectivity index (χ3v) is 3.08. The standard InChI is InChI=1S/C14H13ClN4O2/c1-19(8-10-4-5-12(15)16-7-10)9-13-17-14(18-21-13)11-3-2-6-20-11/h2-7H,8-9H2,1H3. The maximum Gasteiger partial charge on any atom is 0.241 e. The van der Waals surface area contributed by atoms with Crippen LogP contribution in [0.3, 0.4) is 0 Å². The molecule has 3 rings (SSSR count). The molecule has 108 valence electrons. The Morgan fingerprint density at radius 2 is 2.14 bits per heavy atom. The molecule has 0 unspecified atom stereocenters. The van der Waals surface area contributed by atoms with Gasteiger partial charge in [0.2, 0.25) is 11.7 Å². The normalized spacial score (nSPS) is 11.2. The average Bonchev–Trinajstić information content (AvgIpc) is 3.12. The van der Waals surface area contributed by atoms with Crippen LogP contribution in [0, 0.1) is 0 Å². The molecule has 3 heterocycles. The average molecular weight is 305 g/mol. The van der Waals surface area contributed by atoms with Gasteiger partial charge in [0.15, 0.2) is 5.76 Å². The molecule has 0 aliphatic carbocycles. The van der Waals surface area contributed by atoms with Gasteiger partial charge in [-0.1, -0.05) is 22.8 Å². The molecule has 0 amide bonds. The van der Waals surface area contributed by atoms with Gasteiger partial charge < -0.3 is 8.94 Å². The number of nitrogens with zero attached hydrogens (tertiary/aromatic N) is 4. The van der Waals surface area contributed by atoms with E-state index in [-0.39, 0.29) is 0 Å². The summed E-state index contributed by atoms with van der Waals surface area (Å²) in [6, 6.07) is 7.28. The van der Waals surface area contributed by atoms with Gasteiger partial charge in [-0.15, -0.1) is 0 Å². The monoisotopic (exact) mass is 304 g/mol. The highest BCUT2D eigenvalue weighted by Gasteiger charge is 2.12. The largest absolute Gasteiger partial charge is 0.461 e.